The zero-order valence-electron chi connectivity index (χ0n) is 18.0. The highest BCUT2D eigenvalue weighted by atomic mass is 79.9. The van der Waals surface area contributed by atoms with Gasteiger partial charge in [0.05, 0.1) is 23.4 Å². The normalized spacial score (nSPS) is 12.1. The summed E-state index contributed by atoms with van der Waals surface area (Å²) >= 11 is 15.8. The summed E-state index contributed by atoms with van der Waals surface area (Å²) in [4.78, 5) is 30.1. The van der Waals surface area contributed by atoms with Crippen LogP contribution in [0.3, 0.4) is 0 Å². The van der Waals surface area contributed by atoms with Gasteiger partial charge in [0, 0.05) is 24.3 Å². The number of aromatic nitrogens is 3. The number of pyridine rings is 1. The number of hydrogen-bond acceptors (Lipinski definition) is 5. The molecule has 32 heavy (non-hydrogen) atoms. The van der Waals surface area contributed by atoms with E-state index in [0.717, 1.165) is 5.56 Å². The number of carbonyl (C=O) groups excluding carboxylic acids is 1. The smallest absolute Gasteiger partial charge is 0.358 e. The number of aryl methyl sites for hydroxylation is 1. The second-order valence-electron chi connectivity index (χ2n) is 7.42. The highest BCUT2D eigenvalue weighted by Gasteiger charge is 2.31. The molecule has 0 fully saturated rings. The van der Waals surface area contributed by atoms with Crippen LogP contribution >= 0.6 is 39.1 Å². The Morgan fingerprint density at radius 1 is 1.22 bits per heavy atom. The van der Waals surface area contributed by atoms with E-state index in [0.29, 0.717) is 20.5 Å². The average Bonchev–Trinajstić information content (AvgIpc) is 3.07. The number of esters is 1. The molecule has 0 saturated heterocycles. The molecule has 0 radical (unpaired) electrons. The molecule has 0 amide bonds. The van der Waals surface area contributed by atoms with Gasteiger partial charge in [0.2, 0.25) is 0 Å². The Bertz CT molecular complexity index is 1190. The molecule has 2 heterocycles. The fourth-order valence-electron chi connectivity index (χ4n) is 3.43. The number of ether oxygens (including phenoxy) is 1. The molecule has 1 aromatic carbocycles. The van der Waals surface area contributed by atoms with E-state index in [1.54, 1.807) is 32.2 Å². The largest absolute Gasteiger partial charge is 0.461 e. The van der Waals surface area contributed by atoms with Gasteiger partial charge in [0.25, 0.3) is 5.56 Å². The Kier molecular flexibility index (Phi) is 7.69. The van der Waals surface area contributed by atoms with Crippen LogP contribution in [-0.4, -0.2) is 26.7 Å². The van der Waals surface area contributed by atoms with Crippen molar-refractivity contribution in [3.05, 3.63) is 78.6 Å². The van der Waals surface area contributed by atoms with Crippen molar-refractivity contribution in [3.8, 4) is 0 Å². The molecule has 10 heteroatoms. The molecule has 0 unspecified atom stereocenters. The van der Waals surface area contributed by atoms with Crippen LogP contribution in [0.4, 0.5) is 5.69 Å². The Morgan fingerprint density at radius 2 is 1.88 bits per heavy atom. The lowest BCUT2D eigenvalue weighted by Gasteiger charge is -2.25. The third kappa shape index (κ3) is 5.03. The third-order valence-corrected chi connectivity index (χ3v) is 5.83. The first-order chi connectivity index (χ1) is 15.1. The molecule has 1 atom stereocenters. The number of benzene rings is 1. The molecule has 7 nitrogen and oxygen atoms in total. The lowest BCUT2D eigenvalue weighted by molar-refractivity contribution is 0.0518. The summed E-state index contributed by atoms with van der Waals surface area (Å²) in [5.41, 5.74) is 1.49. The topological polar surface area (TPSA) is 78.2 Å². The summed E-state index contributed by atoms with van der Waals surface area (Å²) < 4.78 is 9.02. The van der Waals surface area contributed by atoms with E-state index in [-0.39, 0.29) is 29.6 Å². The second kappa shape index (κ2) is 10.1. The maximum atomic E-state index is 12.8. The maximum absolute atomic E-state index is 12.8. The van der Waals surface area contributed by atoms with Crippen LogP contribution in [0.25, 0.3) is 0 Å². The molecule has 0 saturated carbocycles. The molecule has 0 spiro atoms. The van der Waals surface area contributed by atoms with Gasteiger partial charge in [-0.3, -0.25) is 4.79 Å². The number of anilines is 1. The van der Waals surface area contributed by atoms with Crippen LogP contribution in [0.15, 0.2) is 46.1 Å². The minimum absolute atomic E-state index is 0.0474. The van der Waals surface area contributed by atoms with E-state index < -0.39 is 12.0 Å². The van der Waals surface area contributed by atoms with Gasteiger partial charge < -0.3 is 19.2 Å². The van der Waals surface area contributed by atoms with Crippen LogP contribution in [-0.2, 0) is 11.8 Å². The first-order valence-corrected chi connectivity index (χ1v) is 11.5. The molecule has 0 bridgehead atoms. The minimum Gasteiger partial charge on any atom is -0.461 e. The van der Waals surface area contributed by atoms with E-state index in [2.05, 4.69) is 26.2 Å². The number of nitrogens with one attached hydrogen (secondary N) is 1. The van der Waals surface area contributed by atoms with Gasteiger partial charge in [-0.1, -0.05) is 35.3 Å². The number of imidazole rings is 1. The van der Waals surface area contributed by atoms with Crippen molar-refractivity contribution < 1.29 is 9.53 Å². The van der Waals surface area contributed by atoms with Gasteiger partial charge >= 0.3 is 5.97 Å². The van der Waals surface area contributed by atoms with Gasteiger partial charge in [0.1, 0.15) is 5.69 Å². The summed E-state index contributed by atoms with van der Waals surface area (Å²) in [6.45, 7) is 5.89. The second-order valence-corrected chi connectivity index (χ2v) is 9.00. The van der Waals surface area contributed by atoms with E-state index in [1.165, 1.54) is 10.8 Å². The molecule has 0 aliphatic carbocycles. The Hall–Kier alpha value is -2.29. The monoisotopic (exact) mass is 540 g/mol. The summed E-state index contributed by atoms with van der Waals surface area (Å²) in [5.74, 6) is -0.553. The summed E-state index contributed by atoms with van der Waals surface area (Å²) in [7, 11) is 1.62. The SMILES string of the molecule is CCOC(=O)c1nc(Br)n(C(C)C)c1[C@@H](Nc1cc(Cl)cn(C)c1=O)c1ccc(Cl)cc1. The van der Waals surface area contributed by atoms with Crippen molar-refractivity contribution in [2.75, 3.05) is 11.9 Å². The van der Waals surface area contributed by atoms with Crippen molar-refractivity contribution >= 4 is 50.8 Å². The van der Waals surface area contributed by atoms with E-state index in [1.807, 2.05) is 30.5 Å². The molecule has 0 aliphatic rings. The quantitative estimate of drug-likeness (QED) is 0.393. The van der Waals surface area contributed by atoms with Crippen LogP contribution in [0.2, 0.25) is 10.0 Å². The molecule has 2 aromatic heterocycles. The zero-order chi connectivity index (χ0) is 23.6. The first-order valence-electron chi connectivity index (χ1n) is 9.96. The Morgan fingerprint density at radius 3 is 2.47 bits per heavy atom. The molecule has 3 aromatic rings. The lowest BCUT2D eigenvalue weighted by atomic mass is 10.0. The van der Waals surface area contributed by atoms with Crippen LogP contribution in [0.5, 0.6) is 0 Å². The molecular formula is C22H23BrCl2N4O3. The first kappa shape index (κ1) is 24.4. The van der Waals surface area contributed by atoms with Gasteiger partial charge in [-0.25, -0.2) is 9.78 Å². The summed E-state index contributed by atoms with van der Waals surface area (Å²) in [6.07, 6.45) is 1.53. The van der Waals surface area contributed by atoms with Crippen molar-refractivity contribution in [1.82, 2.24) is 14.1 Å². The fraction of sp³-hybridized carbons (Fsp3) is 0.318. The number of carbonyl (C=O) groups is 1. The highest BCUT2D eigenvalue weighted by molar-refractivity contribution is 9.10. The molecule has 170 valence electrons. The van der Waals surface area contributed by atoms with Crippen LogP contribution in [0.1, 0.15) is 54.6 Å². The van der Waals surface area contributed by atoms with Crippen LogP contribution < -0.4 is 10.9 Å². The number of nitrogens with zero attached hydrogens (tertiary/aromatic N) is 3. The van der Waals surface area contributed by atoms with E-state index in [4.69, 9.17) is 27.9 Å². The van der Waals surface area contributed by atoms with Crippen molar-refractivity contribution in [1.29, 1.82) is 0 Å². The minimum atomic E-state index is -0.626. The van der Waals surface area contributed by atoms with Gasteiger partial charge in [0.15, 0.2) is 10.4 Å². The number of hydrogen-bond donors (Lipinski definition) is 1. The van der Waals surface area contributed by atoms with E-state index >= 15 is 0 Å². The van der Waals surface area contributed by atoms with E-state index in [9.17, 15) is 9.59 Å². The van der Waals surface area contributed by atoms with Gasteiger partial charge in [-0.15, -0.1) is 0 Å². The highest BCUT2D eigenvalue weighted by Crippen LogP contribution is 2.34. The van der Waals surface area contributed by atoms with Gasteiger partial charge in [-0.05, 0) is 60.5 Å². The van der Waals surface area contributed by atoms with Crippen molar-refractivity contribution in [2.24, 2.45) is 7.05 Å². The standard InChI is InChI=1S/C22H23BrCl2N4O3/c1-5-32-21(31)18-19(29(12(2)3)22(23)27-18)17(13-6-8-14(24)9-7-13)26-16-10-15(25)11-28(4)20(16)30/h6-12,17,26H,5H2,1-4H3/t17-/m0/s1. The Labute approximate surface area is 204 Å². The number of rotatable bonds is 7. The lowest BCUT2D eigenvalue weighted by Crippen LogP contribution is -2.26. The molecule has 1 N–H and O–H groups in total. The molecule has 0 aliphatic heterocycles. The zero-order valence-corrected chi connectivity index (χ0v) is 21.1. The maximum Gasteiger partial charge on any atom is 0.358 e. The molecule has 3 rings (SSSR count). The van der Waals surface area contributed by atoms with Crippen molar-refractivity contribution in [2.45, 2.75) is 32.9 Å². The number of halogens is 3. The predicted molar refractivity (Wildman–Crippen MR) is 130 cm³/mol. The Balaban J connectivity index is 2.28. The summed E-state index contributed by atoms with van der Waals surface area (Å²) in [6, 6.07) is 8.04. The predicted octanol–water partition coefficient (Wildman–Crippen LogP) is 5.61. The molecular weight excluding hydrogens is 519 g/mol. The average molecular weight is 542 g/mol. The third-order valence-electron chi connectivity index (χ3n) is 4.82. The van der Waals surface area contributed by atoms with Gasteiger partial charge in [-0.2, -0.15) is 0 Å². The summed E-state index contributed by atoms with van der Waals surface area (Å²) in [5, 5.41) is 4.24. The fourth-order valence-corrected chi connectivity index (χ4v) is 4.59. The van der Waals surface area contributed by atoms with Crippen LogP contribution in [0, 0.1) is 0 Å². The van der Waals surface area contributed by atoms with Crippen molar-refractivity contribution in [3.63, 3.8) is 0 Å².